The molecule has 0 unspecified atom stereocenters. The van der Waals surface area contributed by atoms with Crippen molar-refractivity contribution in [2.75, 3.05) is 12.4 Å². The highest BCUT2D eigenvalue weighted by molar-refractivity contribution is 5.97. The molecule has 0 aliphatic carbocycles. The molecular formula is C24H20N2O7. The Morgan fingerprint density at radius 2 is 1.64 bits per heavy atom. The number of nitro benzene ring substituents is 1. The first-order valence-electron chi connectivity index (χ1n) is 10.1. The second-order valence-electron chi connectivity index (χ2n) is 7.32. The van der Waals surface area contributed by atoms with Crippen LogP contribution in [0.15, 0.2) is 66.7 Å². The third kappa shape index (κ3) is 4.33. The SMILES string of the molecule is COc1ccc([N+](=O)[O-])cc1NC(=O)[C@H](C)OC(=O)C1c2ccccc2Oc2ccccc21. The summed E-state index contributed by atoms with van der Waals surface area (Å²) in [5.74, 6) is -0.732. The second-order valence-corrected chi connectivity index (χ2v) is 7.32. The van der Waals surface area contributed by atoms with E-state index in [1.807, 2.05) is 0 Å². The van der Waals surface area contributed by atoms with Gasteiger partial charge in [-0.2, -0.15) is 0 Å². The van der Waals surface area contributed by atoms with Gasteiger partial charge in [-0.3, -0.25) is 19.7 Å². The lowest BCUT2D eigenvalue weighted by molar-refractivity contribution is -0.384. The van der Waals surface area contributed by atoms with Crippen molar-refractivity contribution in [3.8, 4) is 17.2 Å². The van der Waals surface area contributed by atoms with Crippen LogP contribution in [0, 0.1) is 10.1 Å². The van der Waals surface area contributed by atoms with Crippen LogP contribution >= 0.6 is 0 Å². The number of benzene rings is 3. The topological polar surface area (TPSA) is 117 Å². The molecule has 0 bridgehead atoms. The Morgan fingerprint density at radius 1 is 1.03 bits per heavy atom. The van der Waals surface area contributed by atoms with E-state index in [0.29, 0.717) is 22.6 Å². The van der Waals surface area contributed by atoms with Crippen LogP contribution in [-0.4, -0.2) is 30.0 Å². The molecule has 4 rings (SSSR count). The number of nitrogens with zero attached hydrogens (tertiary/aromatic N) is 1. The molecule has 0 saturated carbocycles. The number of anilines is 1. The highest BCUT2D eigenvalue weighted by atomic mass is 16.6. The van der Waals surface area contributed by atoms with Crippen LogP contribution in [0.4, 0.5) is 11.4 Å². The number of hydrogen-bond acceptors (Lipinski definition) is 7. The van der Waals surface area contributed by atoms with Gasteiger partial charge in [-0.05, 0) is 25.1 Å². The second kappa shape index (κ2) is 8.99. The molecule has 1 heterocycles. The fourth-order valence-corrected chi connectivity index (χ4v) is 3.60. The van der Waals surface area contributed by atoms with Gasteiger partial charge in [0.15, 0.2) is 6.10 Å². The number of amides is 1. The van der Waals surface area contributed by atoms with E-state index < -0.39 is 28.8 Å². The Kier molecular flexibility index (Phi) is 5.95. The fourth-order valence-electron chi connectivity index (χ4n) is 3.60. The summed E-state index contributed by atoms with van der Waals surface area (Å²) in [6, 6.07) is 18.1. The number of esters is 1. The average molecular weight is 448 g/mol. The van der Waals surface area contributed by atoms with Gasteiger partial charge in [0.25, 0.3) is 11.6 Å². The Labute approximate surface area is 189 Å². The summed E-state index contributed by atoms with van der Waals surface area (Å²) in [5, 5.41) is 13.6. The zero-order valence-corrected chi connectivity index (χ0v) is 17.8. The smallest absolute Gasteiger partial charge is 0.318 e. The molecule has 9 nitrogen and oxygen atoms in total. The van der Waals surface area contributed by atoms with Crippen LogP contribution in [0.2, 0.25) is 0 Å². The monoisotopic (exact) mass is 448 g/mol. The lowest BCUT2D eigenvalue weighted by atomic mass is 9.88. The van der Waals surface area contributed by atoms with E-state index in [1.165, 1.54) is 32.2 Å². The molecule has 0 fully saturated rings. The van der Waals surface area contributed by atoms with Crippen molar-refractivity contribution >= 4 is 23.3 Å². The van der Waals surface area contributed by atoms with Crippen LogP contribution in [0.25, 0.3) is 0 Å². The van der Waals surface area contributed by atoms with E-state index in [1.54, 1.807) is 48.5 Å². The zero-order valence-electron chi connectivity index (χ0n) is 17.8. The Hall–Kier alpha value is -4.40. The number of rotatable bonds is 6. The van der Waals surface area contributed by atoms with Gasteiger partial charge in [-0.1, -0.05) is 36.4 Å². The average Bonchev–Trinajstić information content (AvgIpc) is 2.82. The Balaban J connectivity index is 1.55. The van der Waals surface area contributed by atoms with Crippen molar-refractivity contribution in [2.24, 2.45) is 0 Å². The fraction of sp³-hybridized carbons (Fsp3) is 0.167. The van der Waals surface area contributed by atoms with Gasteiger partial charge >= 0.3 is 5.97 Å². The number of carbonyl (C=O) groups is 2. The highest BCUT2D eigenvalue weighted by Gasteiger charge is 2.35. The van der Waals surface area contributed by atoms with Crippen LogP contribution in [-0.2, 0) is 14.3 Å². The molecule has 1 aliphatic rings. The maximum absolute atomic E-state index is 13.2. The molecule has 168 valence electrons. The molecule has 0 saturated heterocycles. The summed E-state index contributed by atoms with van der Waals surface area (Å²) in [6.07, 6.45) is -1.18. The number of methoxy groups -OCH3 is 1. The summed E-state index contributed by atoms with van der Waals surface area (Å²) in [4.78, 5) is 36.4. The third-order valence-corrected chi connectivity index (χ3v) is 5.23. The number of para-hydroxylation sites is 2. The third-order valence-electron chi connectivity index (χ3n) is 5.23. The summed E-state index contributed by atoms with van der Waals surface area (Å²) < 4.78 is 16.6. The number of hydrogen-bond donors (Lipinski definition) is 1. The summed E-state index contributed by atoms with van der Waals surface area (Å²) in [7, 11) is 1.38. The van der Waals surface area contributed by atoms with Crippen molar-refractivity contribution in [2.45, 2.75) is 18.9 Å². The Bertz CT molecular complexity index is 1200. The minimum Gasteiger partial charge on any atom is -0.495 e. The highest BCUT2D eigenvalue weighted by Crippen LogP contribution is 2.44. The maximum atomic E-state index is 13.2. The standard InChI is InChI=1S/C24H20N2O7/c1-14(23(27)25-18-13-15(26(29)30)11-12-21(18)31-2)32-24(28)22-16-7-3-5-9-19(16)33-20-10-6-4-8-17(20)22/h3-14,22H,1-2H3,(H,25,27)/t14-/m0/s1. The van der Waals surface area contributed by atoms with Gasteiger partial charge < -0.3 is 19.5 Å². The molecule has 9 heteroatoms. The zero-order chi connectivity index (χ0) is 23.5. The predicted octanol–water partition coefficient (Wildman–Crippen LogP) is 4.41. The molecule has 0 radical (unpaired) electrons. The van der Waals surface area contributed by atoms with Gasteiger partial charge in [0.05, 0.1) is 17.7 Å². The van der Waals surface area contributed by atoms with Crippen LogP contribution in [0.3, 0.4) is 0 Å². The van der Waals surface area contributed by atoms with Crippen molar-refractivity contribution in [3.05, 3.63) is 88.0 Å². The summed E-state index contributed by atoms with van der Waals surface area (Å²) >= 11 is 0. The summed E-state index contributed by atoms with van der Waals surface area (Å²) in [6.45, 7) is 1.42. The van der Waals surface area contributed by atoms with Crippen LogP contribution in [0.5, 0.6) is 17.2 Å². The van der Waals surface area contributed by atoms with Crippen molar-refractivity contribution in [1.29, 1.82) is 0 Å². The van der Waals surface area contributed by atoms with Crippen LogP contribution < -0.4 is 14.8 Å². The quantitative estimate of drug-likeness (QED) is 0.337. The first kappa shape index (κ1) is 21.8. The lowest BCUT2D eigenvalue weighted by Crippen LogP contribution is -2.32. The number of nitrogens with one attached hydrogen (secondary N) is 1. The first-order chi connectivity index (χ1) is 15.9. The van der Waals surface area contributed by atoms with Gasteiger partial charge in [0.2, 0.25) is 0 Å². The number of non-ortho nitro benzene ring substituents is 1. The largest absolute Gasteiger partial charge is 0.495 e. The molecule has 3 aromatic carbocycles. The normalized spacial score (nSPS) is 13.0. The van der Waals surface area contributed by atoms with Crippen LogP contribution in [0.1, 0.15) is 24.0 Å². The molecule has 1 atom stereocenters. The van der Waals surface area contributed by atoms with Gasteiger partial charge in [0, 0.05) is 23.3 Å². The molecule has 1 aliphatic heterocycles. The summed E-state index contributed by atoms with van der Waals surface area (Å²) in [5.41, 5.74) is 1.15. The van der Waals surface area contributed by atoms with Crippen molar-refractivity contribution in [1.82, 2.24) is 0 Å². The minimum atomic E-state index is -1.18. The van der Waals surface area contributed by atoms with Gasteiger partial charge in [0.1, 0.15) is 23.2 Å². The van der Waals surface area contributed by atoms with E-state index in [-0.39, 0.29) is 17.1 Å². The molecule has 0 aromatic heterocycles. The van der Waals surface area contributed by atoms with Crippen molar-refractivity contribution < 1.29 is 28.7 Å². The molecular weight excluding hydrogens is 428 g/mol. The van der Waals surface area contributed by atoms with E-state index in [9.17, 15) is 19.7 Å². The first-order valence-corrected chi connectivity index (χ1v) is 10.1. The number of fused-ring (bicyclic) bond motifs is 2. The molecule has 3 aromatic rings. The van der Waals surface area contributed by atoms with E-state index in [0.717, 1.165) is 0 Å². The Morgan fingerprint density at radius 3 is 2.21 bits per heavy atom. The van der Waals surface area contributed by atoms with E-state index in [2.05, 4.69) is 5.32 Å². The lowest BCUT2D eigenvalue weighted by Gasteiger charge is -2.27. The predicted molar refractivity (Wildman–Crippen MR) is 119 cm³/mol. The van der Waals surface area contributed by atoms with Gasteiger partial charge in [-0.25, -0.2) is 0 Å². The maximum Gasteiger partial charge on any atom is 0.318 e. The molecule has 1 N–H and O–H groups in total. The molecule has 0 spiro atoms. The number of ether oxygens (including phenoxy) is 3. The molecule has 1 amide bonds. The van der Waals surface area contributed by atoms with Gasteiger partial charge in [-0.15, -0.1) is 0 Å². The van der Waals surface area contributed by atoms with E-state index >= 15 is 0 Å². The number of nitro groups is 1. The minimum absolute atomic E-state index is 0.0985. The molecule has 33 heavy (non-hydrogen) atoms. The van der Waals surface area contributed by atoms with Crippen molar-refractivity contribution in [3.63, 3.8) is 0 Å². The van der Waals surface area contributed by atoms with E-state index in [4.69, 9.17) is 14.2 Å². The number of carbonyl (C=O) groups excluding carboxylic acids is 2.